The van der Waals surface area contributed by atoms with E-state index in [1.807, 2.05) is 6.07 Å². The number of anilines is 1. The maximum atomic E-state index is 5.88. The van der Waals surface area contributed by atoms with Crippen molar-refractivity contribution in [1.82, 2.24) is 0 Å². The Hall–Kier alpha value is -1.42. The van der Waals surface area contributed by atoms with E-state index in [1.54, 1.807) is 19.2 Å². The molecule has 1 atom stereocenters. The fraction of sp³-hybridized carbons (Fsp3) is 0.571. The Morgan fingerprint density at radius 2 is 2.17 bits per heavy atom. The van der Waals surface area contributed by atoms with Crippen LogP contribution in [-0.4, -0.2) is 25.4 Å². The molecule has 1 aliphatic rings. The summed E-state index contributed by atoms with van der Waals surface area (Å²) in [6, 6.07) is 5.39. The molecule has 2 rings (SSSR count). The molecule has 1 unspecified atom stereocenters. The minimum absolute atomic E-state index is 0.0285. The minimum Gasteiger partial charge on any atom is -0.493 e. The number of benzene rings is 1. The zero-order chi connectivity index (χ0) is 13.2. The first-order valence-electron chi connectivity index (χ1n) is 6.24. The average Bonchev–Trinajstić information content (AvgIpc) is 2.67. The van der Waals surface area contributed by atoms with Gasteiger partial charge in [0.05, 0.1) is 18.8 Å². The van der Waals surface area contributed by atoms with E-state index < -0.39 is 0 Å². The standard InChI is InChI=1S/C14H21NO3/c1-14(2)7-6-11(18-14)9-17-12-5-4-10(15)8-13(12)16-3/h4-5,8,11H,6-7,9,15H2,1-3H3. The van der Waals surface area contributed by atoms with E-state index >= 15 is 0 Å². The van der Waals surface area contributed by atoms with E-state index in [1.165, 1.54) is 0 Å². The van der Waals surface area contributed by atoms with Gasteiger partial charge in [-0.2, -0.15) is 0 Å². The first-order chi connectivity index (χ1) is 8.50. The van der Waals surface area contributed by atoms with Gasteiger partial charge in [0.15, 0.2) is 11.5 Å². The van der Waals surface area contributed by atoms with Crippen molar-refractivity contribution in [2.45, 2.75) is 38.4 Å². The lowest BCUT2D eigenvalue weighted by molar-refractivity contribution is -0.0328. The number of rotatable bonds is 4. The summed E-state index contributed by atoms with van der Waals surface area (Å²) in [6.07, 6.45) is 2.26. The molecule has 1 aliphatic heterocycles. The summed E-state index contributed by atoms with van der Waals surface area (Å²) in [7, 11) is 1.61. The topological polar surface area (TPSA) is 53.7 Å². The smallest absolute Gasteiger partial charge is 0.162 e. The first-order valence-corrected chi connectivity index (χ1v) is 6.24. The van der Waals surface area contributed by atoms with Crippen molar-refractivity contribution in [3.05, 3.63) is 18.2 Å². The van der Waals surface area contributed by atoms with Gasteiger partial charge in [-0.1, -0.05) is 0 Å². The van der Waals surface area contributed by atoms with Crippen molar-refractivity contribution in [3.63, 3.8) is 0 Å². The number of nitrogens with two attached hydrogens (primary N) is 1. The van der Waals surface area contributed by atoms with Crippen LogP contribution in [0.15, 0.2) is 18.2 Å². The summed E-state index contributed by atoms with van der Waals surface area (Å²) < 4.78 is 16.9. The van der Waals surface area contributed by atoms with Crippen molar-refractivity contribution >= 4 is 5.69 Å². The molecule has 1 saturated heterocycles. The average molecular weight is 251 g/mol. The van der Waals surface area contributed by atoms with Crippen molar-refractivity contribution < 1.29 is 14.2 Å². The molecule has 18 heavy (non-hydrogen) atoms. The third-order valence-corrected chi connectivity index (χ3v) is 3.17. The molecule has 1 aromatic carbocycles. The maximum Gasteiger partial charge on any atom is 0.162 e. The summed E-state index contributed by atoms with van der Waals surface area (Å²) in [5, 5.41) is 0. The Kier molecular flexibility index (Phi) is 3.66. The highest BCUT2D eigenvalue weighted by molar-refractivity contribution is 5.51. The predicted molar refractivity (Wildman–Crippen MR) is 71.1 cm³/mol. The third kappa shape index (κ3) is 3.07. The third-order valence-electron chi connectivity index (χ3n) is 3.17. The molecule has 0 bridgehead atoms. The molecule has 0 aliphatic carbocycles. The van der Waals surface area contributed by atoms with E-state index in [-0.39, 0.29) is 11.7 Å². The van der Waals surface area contributed by atoms with Crippen LogP contribution in [0.25, 0.3) is 0 Å². The van der Waals surface area contributed by atoms with Crippen LogP contribution in [0, 0.1) is 0 Å². The molecular formula is C14H21NO3. The molecule has 1 heterocycles. The van der Waals surface area contributed by atoms with Gasteiger partial charge in [-0.25, -0.2) is 0 Å². The van der Waals surface area contributed by atoms with Gasteiger partial charge in [0.2, 0.25) is 0 Å². The van der Waals surface area contributed by atoms with Gasteiger partial charge in [-0.15, -0.1) is 0 Å². The van der Waals surface area contributed by atoms with Crippen LogP contribution in [-0.2, 0) is 4.74 Å². The number of hydrogen-bond donors (Lipinski definition) is 1. The van der Waals surface area contributed by atoms with Crippen LogP contribution < -0.4 is 15.2 Å². The van der Waals surface area contributed by atoms with Crippen LogP contribution in [0.2, 0.25) is 0 Å². The number of nitrogen functional groups attached to an aromatic ring is 1. The van der Waals surface area contributed by atoms with Crippen LogP contribution in [0.3, 0.4) is 0 Å². The monoisotopic (exact) mass is 251 g/mol. The van der Waals surface area contributed by atoms with Crippen molar-refractivity contribution in [2.24, 2.45) is 0 Å². The first kappa shape index (κ1) is 13.0. The maximum absolute atomic E-state index is 5.88. The van der Waals surface area contributed by atoms with E-state index in [0.29, 0.717) is 23.8 Å². The van der Waals surface area contributed by atoms with Crippen molar-refractivity contribution in [2.75, 3.05) is 19.5 Å². The molecule has 0 radical (unpaired) electrons. The summed E-state index contributed by atoms with van der Waals surface area (Å²) >= 11 is 0. The molecule has 0 aromatic heterocycles. The molecule has 100 valence electrons. The Bertz CT molecular complexity index is 418. The fourth-order valence-corrected chi connectivity index (χ4v) is 2.18. The van der Waals surface area contributed by atoms with Crippen molar-refractivity contribution in [1.29, 1.82) is 0 Å². The van der Waals surface area contributed by atoms with E-state index in [2.05, 4.69) is 13.8 Å². The minimum atomic E-state index is -0.0285. The fourth-order valence-electron chi connectivity index (χ4n) is 2.18. The zero-order valence-corrected chi connectivity index (χ0v) is 11.2. The second-order valence-electron chi connectivity index (χ2n) is 5.26. The highest BCUT2D eigenvalue weighted by Crippen LogP contribution is 2.32. The van der Waals surface area contributed by atoms with Gasteiger partial charge >= 0.3 is 0 Å². The second kappa shape index (κ2) is 5.06. The highest BCUT2D eigenvalue weighted by Gasteiger charge is 2.32. The predicted octanol–water partition coefficient (Wildman–Crippen LogP) is 2.61. The van der Waals surface area contributed by atoms with Crippen molar-refractivity contribution in [3.8, 4) is 11.5 Å². The largest absolute Gasteiger partial charge is 0.493 e. The summed E-state index contributed by atoms with van der Waals surface area (Å²) in [5.74, 6) is 1.37. The number of methoxy groups -OCH3 is 1. The molecule has 2 N–H and O–H groups in total. The van der Waals surface area contributed by atoms with Crippen LogP contribution in [0.5, 0.6) is 11.5 Å². The number of hydrogen-bond acceptors (Lipinski definition) is 4. The Balaban J connectivity index is 1.94. The van der Waals surface area contributed by atoms with Gasteiger partial charge < -0.3 is 19.9 Å². The Morgan fingerprint density at radius 3 is 2.78 bits per heavy atom. The molecule has 1 aromatic rings. The molecule has 0 saturated carbocycles. The molecular weight excluding hydrogens is 230 g/mol. The van der Waals surface area contributed by atoms with Gasteiger partial charge in [0.1, 0.15) is 6.61 Å². The molecule has 4 nitrogen and oxygen atoms in total. The quantitative estimate of drug-likeness (QED) is 0.836. The number of ether oxygens (including phenoxy) is 3. The lowest BCUT2D eigenvalue weighted by Gasteiger charge is -2.20. The SMILES string of the molecule is COc1cc(N)ccc1OCC1CCC(C)(C)O1. The van der Waals surface area contributed by atoms with E-state index in [9.17, 15) is 0 Å². The molecule has 0 spiro atoms. The zero-order valence-electron chi connectivity index (χ0n) is 11.2. The highest BCUT2D eigenvalue weighted by atomic mass is 16.6. The lowest BCUT2D eigenvalue weighted by Crippen LogP contribution is -2.24. The summed E-state index contributed by atoms with van der Waals surface area (Å²) in [4.78, 5) is 0. The van der Waals surface area contributed by atoms with E-state index in [0.717, 1.165) is 12.8 Å². The van der Waals surface area contributed by atoms with Crippen LogP contribution >= 0.6 is 0 Å². The van der Waals surface area contributed by atoms with Gasteiger partial charge in [-0.05, 0) is 38.8 Å². The van der Waals surface area contributed by atoms with Gasteiger partial charge in [-0.3, -0.25) is 0 Å². The van der Waals surface area contributed by atoms with Gasteiger partial charge in [0, 0.05) is 11.8 Å². The summed E-state index contributed by atoms with van der Waals surface area (Å²) in [5.41, 5.74) is 6.33. The van der Waals surface area contributed by atoms with Gasteiger partial charge in [0.25, 0.3) is 0 Å². The molecule has 4 heteroatoms. The van der Waals surface area contributed by atoms with Crippen LogP contribution in [0.1, 0.15) is 26.7 Å². The second-order valence-corrected chi connectivity index (χ2v) is 5.26. The van der Waals surface area contributed by atoms with E-state index in [4.69, 9.17) is 19.9 Å². The normalized spacial score (nSPS) is 21.8. The molecule has 1 fully saturated rings. The lowest BCUT2D eigenvalue weighted by atomic mass is 10.1. The Labute approximate surface area is 108 Å². The molecule has 0 amide bonds. The van der Waals surface area contributed by atoms with Crippen LogP contribution in [0.4, 0.5) is 5.69 Å². The Morgan fingerprint density at radius 1 is 1.39 bits per heavy atom. The summed E-state index contributed by atoms with van der Waals surface area (Å²) in [6.45, 7) is 4.76.